The zero-order valence-corrected chi connectivity index (χ0v) is 11.0. The Balaban J connectivity index is 1.79. The Labute approximate surface area is 117 Å². The Bertz CT molecular complexity index is 582. The van der Waals surface area contributed by atoms with Gasteiger partial charge in [-0.3, -0.25) is 4.79 Å². The molecule has 0 unspecified atom stereocenters. The van der Waals surface area contributed by atoms with Crippen LogP contribution in [0.25, 0.3) is 0 Å². The third-order valence-electron chi connectivity index (χ3n) is 3.01. The maximum Gasteiger partial charge on any atom is 0.220 e. The molecule has 0 atom stereocenters. The molecule has 0 fully saturated rings. The maximum absolute atomic E-state index is 11.7. The highest BCUT2D eigenvalue weighted by atomic mass is 16.3. The van der Waals surface area contributed by atoms with Gasteiger partial charge in [0.2, 0.25) is 5.91 Å². The van der Waals surface area contributed by atoms with Gasteiger partial charge in [-0.15, -0.1) is 0 Å². The van der Waals surface area contributed by atoms with Crippen LogP contribution >= 0.6 is 0 Å². The maximum atomic E-state index is 11.7. The van der Waals surface area contributed by atoms with Crippen LogP contribution < -0.4 is 5.32 Å². The summed E-state index contributed by atoms with van der Waals surface area (Å²) in [7, 11) is 0. The SMILES string of the molecule is O=C(CCc1ccc(O)c(O)c1)NCc1ccccc1. The van der Waals surface area contributed by atoms with Crippen LogP contribution in [0, 0.1) is 0 Å². The van der Waals surface area contributed by atoms with Crippen LogP contribution in [0.1, 0.15) is 17.5 Å². The summed E-state index contributed by atoms with van der Waals surface area (Å²) in [5.74, 6) is -0.351. The number of carbonyl (C=O) groups is 1. The van der Waals surface area contributed by atoms with E-state index < -0.39 is 0 Å². The molecule has 4 heteroatoms. The summed E-state index contributed by atoms with van der Waals surface area (Å²) in [6.45, 7) is 0.514. The van der Waals surface area contributed by atoms with Crippen molar-refractivity contribution in [2.45, 2.75) is 19.4 Å². The van der Waals surface area contributed by atoms with Crippen LogP contribution in [0.4, 0.5) is 0 Å². The van der Waals surface area contributed by atoms with Crippen molar-refractivity contribution in [1.29, 1.82) is 0 Å². The van der Waals surface area contributed by atoms with Gasteiger partial charge in [-0.1, -0.05) is 36.4 Å². The molecular weight excluding hydrogens is 254 g/mol. The number of aromatic hydroxyl groups is 2. The minimum Gasteiger partial charge on any atom is -0.504 e. The third kappa shape index (κ3) is 4.02. The van der Waals surface area contributed by atoms with Gasteiger partial charge in [-0.25, -0.2) is 0 Å². The molecule has 0 aliphatic rings. The molecule has 2 rings (SSSR count). The summed E-state index contributed by atoms with van der Waals surface area (Å²) >= 11 is 0. The molecule has 4 nitrogen and oxygen atoms in total. The van der Waals surface area contributed by atoms with Crippen molar-refractivity contribution in [3.05, 3.63) is 59.7 Å². The zero-order valence-electron chi connectivity index (χ0n) is 11.0. The van der Waals surface area contributed by atoms with Crippen LogP contribution in [0.5, 0.6) is 11.5 Å². The summed E-state index contributed by atoms with van der Waals surface area (Å²) in [5.41, 5.74) is 1.87. The smallest absolute Gasteiger partial charge is 0.220 e. The van der Waals surface area contributed by atoms with Crippen LogP contribution in [-0.4, -0.2) is 16.1 Å². The van der Waals surface area contributed by atoms with Crippen LogP contribution in [-0.2, 0) is 17.8 Å². The molecule has 20 heavy (non-hydrogen) atoms. The lowest BCUT2D eigenvalue weighted by atomic mass is 10.1. The summed E-state index contributed by atoms with van der Waals surface area (Å²) in [6, 6.07) is 14.3. The van der Waals surface area contributed by atoms with Crippen molar-refractivity contribution in [1.82, 2.24) is 5.32 Å². The summed E-state index contributed by atoms with van der Waals surface area (Å²) in [6.07, 6.45) is 0.867. The monoisotopic (exact) mass is 271 g/mol. The average molecular weight is 271 g/mol. The first kappa shape index (κ1) is 13.9. The van der Waals surface area contributed by atoms with E-state index in [0.717, 1.165) is 11.1 Å². The topological polar surface area (TPSA) is 69.6 Å². The molecule has 0 spiro atoms. The minimum absolute atomic E-state index is 0.0404. The molecule has 0 saturated carbocycles. The van der Waals surface area contributed by atoms with Crippen molar-refractivity contribution >= 4 is 5.91 Å². The quantitative estimate of drug-likeness (QED) is 0.731. The number of aryl methyl sites for hydroxylation is 1. The van der Waals surface area contributed by atoms with Crippen molar-refractivity contribution in [2.75, 3.05) is 0 Å². The fraction of sp³-hybridized carbons (Fsp3) is 0.188. The Morgan fingerprint density at radius 1 is 0.950 bits per heavy atom. The van der Waals surface area contributed by atoms with Crippen molar-refractivity contribution in [3.8, 4) is 11.5 Å². The van der Waals surface area contributed by atoms with Crippen molar-refractivity contribution in [2.24, 2.45) is 0 Å². The second kappa shape index (κ2) is 6.61. The normalized spacial score (nSPS) is 10.2. The molecule has 104 valence electrons. The molecule has 0 saturated heterocycles. The molecule has 3 N–H and O–H groups in total. The van der Waals surface area contributed by atoms with E-state index in [4.69, 9.17) is 0 Å². The van der Waals surface area contributed by atoms with Crippen molar-refractivity contribution < 1.29 is 15.0 Å². The Morgan fingerprint density at radius 2 is 1.70 bits per heavy atom. The summed E-state index contributed by atoms with van der Waals surface area (Å²) in [5, 5.41) is 21.4. The van der Waals surface area contributed by atoms with E-state index in [2.05, 4.69) is 5.32 Å². The summed E-state index contributed by atoms with van der Waals surface area (Å²) in [4.78, 5) is 11.7. The van der Waals surface area contributed by atoms with E-state index in [1.54, 1.807) is 6.07 Å². The lowest BCUT2D eigenvalue weighted by Crippen LogP contribution is -2.22. The molecule has 2 aromatic rings. The van der Waals surface area contributed by atoms with Gasteiger partial charge in [0.25, 0.3) is 0 Å². The standard InChI is InChI=1S/C16H17NO3/c18-14-8-6-12(10-15(14)19)7-9-16(20)17-11-13-4-2-1-3-5-13/h1-6,8,10,18-19H,7,9,11H2,(H,17,20). The van der Waals surface area contributed by atoms with Crippen LogP contribution in [0.15, 0.2) is 48.5 Å². The molecule has 0 radical (unpaired) electrons. The molecular formula is C16H17NO3. The van der Waals surface area contributed by atoms with Crippen LogP contribution in [0.2, 0.25) is 0 Å². The number of phenols is 2. The van der Waals surface area contributed by atoms with E-state index >= 15 is 0 Å². The molecule has 0 aromatic heterocycles. The Morgan fingerprint density at radius 3 is 2.40 bits per heavy atom. The number of benzene rings is 2. The molecule has 0 bridgehead atoms. The second-order valence-corrected chi connectivity index (χ2v) is 4.59. The molecule has 2 aromatic carbocycles. The minimum atomic E-state index is -0.160. The molecule has 0 aliphatic heterocycles. The van der Waals surface area contributed by atoms with Gasteiger partial charge in [-0.05, 0) is 29.7 Å². The third-order valence-corrected chi connectivity index (χ3v) is 3.01. The molecule has 0 aliphatic carbocycles. The van der Waals surface area contributed by atoms with Gasteiger partial charge in [-0.2, -0.15) is 0 Å². The highest BCUT2D eigenvalue weighted by molar-refractivity contribution is 5.76. The first-order valence-corrected chi connectivity index (χ1v) is 6.46. The van der Waals surface area contributed by atoms with Gasteiger partial charge in [0.1, 0.15) is 0 Å². The van der Waals surface area contributed by atoms with E-state index in [1.165, 1.54) is 12.1 Å². The second-order valence-electron chi connectivity index (χ2n) is 4.59. The fourth-order valence-electron chi connectivity index (χ4n) is 1.87. The number of hydrogen-bond donors (Lipinski definition) is 3. The number of phenolic OH excluding ortho intramolecular Hbond substituents is 2. The van der Waals surface area contributed by atoms with Gasteiger partial charge in [0.05, 0.1) is 0 Å². The van der Waals surface area contributed by atoms with Crippen LogP contribution in [0.3, 0.4) is 0 Å². The van der Waals surface area contributed by atoms with Gasteiger partial charge < -0.3 is 15.5 Å². The van der Waals surface area contributed by atoms with E-state index in [-0.39, 0.29) is 17.4 Å². The number of hydrogen-bond acceptors (Lipinski definition) is 3. The average Bonchev–Trinajstić information content (AvgIpc) is 2.47. The van der Waals surface area contributed by atoms with E-state index in [9.17, 15) is 15.0 Å². The number of carbonyl (C=O) groups excluding carboxylic acids is 1. The number of amides is 1. The first-order chi connectivity index (χ1) is 9.65. The largest absolute Gasteiger partial charge is 0.504 e. The molecule has 0 heterocycles. The Kier molecular flexibility index (Phi) is 4.60. The Hall–Kier alpha value is -2.49. The predicted octanol–water partition coefficient (Wildman–Crippen LogP) is 2.35. The zero-order chi connectivity index (χ0) is 14.4. The van der Waals surface area contributed by atoms with E-state index in [0.29, 0.717) is 19.4 Å². The lowest BCUT2D eigenvalue weighted by Gasteiger charge is -2.06. The number of nitrogens with one attached hydrogen (secondary N) is 1. The predicted molar refractivity (Wildman–Crippen MR) is 76.4 cm³/mol. The van der Waals surface area contributed by atoms with Gasteiger partial charge >= 0.3 is 0 Å². The fourth-order valence-corrected chi connectivity index (χ4v) is 1.87. The highest BCUT2D eigenvalue weighted by Gasteiger charge is 2.05. The van der Waals surface area contributed by atoms with Gasteiger partial charge in [0, 0.05) is 13.0 Å². The molecule has 1 amide bonds. The van der Waals surface area contributed by atoms with Crippen molar-refractivity contribution in [3.63, 3.8) is 0 Å². The lowest BCUT2D eigenvalue weighted by molar-refractivity contribution is -0.121. The number of rotatable bonds is 5. The first-order valence-electron chi connectivity index (χ1n) is 6.46. The van der Waals surface area contributed by atoms with E-state index in [1.807, 2.05) is 30.3 Å². The summed E-state index contributed by atoms with van der Waals surface area (Å²) < 4.78 is 0. The van der Waals surface area contributed by atoms with Gasteiger partial charge in [0.15, 0.2) is 11.5 Å². The highest BCUT2D eigenvalue weighted by Crippen LogP contribution is 2.25.